The van der Waals surface area contributed by atoms with Crippen LogP contribution in [0.2, 0.25) is 0 Å². The number of anilines is 3. The van der Waals surface area contributed by atoms with Gasteiger partial charge in [-0.15, -0.1) is 0 Å². The third-order valence-corrected chi connectivity index (χ3v) is 7.12. The Morgan fingerprint density at radius 1 is 0.886 bits per heavy atom. The highest BCUT2D eigenvalue weighted by molar-refractivity contribution is 5.76. The van der Waals surface area contributed by atoms with Crippen molar-refractivity contribution in [2.24, 2.45) is 0 Å². The first kappa shape index (κ1) is 22.3. The molecule has 0 amide bonds. The molecule has 35 heavy (non-hydrogen) atoms. The Hall–Kier alpha value is -3.14. The Labute approximate surface area is 206 Å². The lowest BCUT2D eigenvalue weighted by Crippen LogP contribution is -2.44. The molecular formula is C26H32N8O. The predicted octanol–water partition coefficient (Wildman–Crippen LogP) is 1.91. The van der Waals surface area contributed by atoms with Crippen molar-refractivity contribution in [3.63, 3.8) is 0 Å². The molecule has 182 valence electrons. The number of hydrogen-bond acceptors (Lipinski definition) is 9. The van der Waals surface area contributed by atoms with Crippen LogP contribution in [0.1, 0.15) is 11.1 Å². The van der Waals surface area contributed by atoms with Crippen LogP contribution in [0.3, 0.4) is 0 Å². The topological polar surface area (TPSA) is 82.5 Å². The third kappa shape index (κ3) is 4.84. The smallest absolute Gasteiger partial charge is 0.228 e. The molecule has 0 radical (unpaired) electrons. The zero-order valence-corrected chi connectivity index (χ0v) is 20.1. The van der Waals surface area contributed by atoms with Crippen molar-refractivity contribution >= 4 is 17.5 Å². The highest BCUT2D eigenvalue weighted by atomic mass is 16.5. The molecule has 2 saturated heterocycles. The molecule has 1 aromatic carbocycles. The van der Waals surface area contributed by atoms with Gasteiger partial charge >= 0.3 is 0 Å². The number of benzene rings is 1. The van der Waals surface area contributed by atoms with Crippen LogP contribution in [0.5, 0.6) is 0 Å². The SMILES string of the molecule is c1ncc(-c2nc(N3CCOCC3)nc3c2CCN3c2ccc(CCN3CCNCC3)cc2)cn1. The van der Waals surface area contributed by atoms with E-state index in [1.807, 2.05) is 12.4 Å². The monoisotopic (exact) mass is 472 g/mol. The number of fused-ring (bicyclic) bond motifs is 1. The van der Waals surface area contributed by atoms with Crippen LogP contribution in [-0.2, 0) is 17.6 Å². The summed E-state index contributed by atoms with van der Waals surface area (Å²) in [6.07, 6.45) is 7.22. The van der Waals surface area contributed by atoms with E-state index < -0.39 is 0 Å². The summed E-state index contributed by atoms with van der Waals surface area (Å²) in [5.41, 5.74) is 5.60. The van der Waals surface area contributed by atoms with Crippen molar-refractivity contribution < 1.29 is 4.74 Å². The number of nitrogens with one attached hydrogen (secondary N) is 1. The first-order valence-corrected chi connectivity index (χ1v) is 12.6. The highest BCUT2D eigenvalue weighted by Crippen LogP contribution is 2.39. The van der Waals surface area contributed by atoms with Gasteiger partial charge in [-0.05, 0) is 30.5 Å². The molecule has 5 heterocycles. The molecule has 1 N–H and O–H groups in total. The van der Waals surface area contributed by atoms with Gasteiger partial charge in [-0.2, -0.15) is 4.98 Å². The summed E-state index contributed by atoms with van der Waals surface area (Å²) in [5.74, 6) is 1.75. The lowest BCUT2D eigenvalue weighted by atomic mass is 10.1. The first-order valence-electron chi connectivity index (χ1n) is 12.6. The Morgan fingerprint density at radius 2 is 1.66 bits per heavy atom. The van der Waals surface area contributed by atoms with Gasteiger partial charge < -0.3 is 24.8 Å². The van der Waals surface area contributed by atoms with Gasteiger partial charge in [0.15, 0.2) is 0 Å². The van der Waals surface area contributed by atoms with Crippen LogP contribution in [0.25, 0.3) is 11.3 Å². The lowest BCUT2D eigenvalue weighted by molar-refractivity contribution is 0.122. The van der Waals surface area contributed by atoms with E-state index >= 15 is 0 Å². The number of morpholine rings is 1. The number of nitrogens with zero attached hydrogens (tertiary/aromatic N) is 7. The lowest BCUT2D eigenvalue weighted by Gasteiger charge is -2.28. The van der Waals surface area contributed by atoms with Crippen molar-refractivity contribution in [2.45, 2.75) is 12.8 Å². The molecule has 0 aliphatic carbocycles. The molecule has 6 rings (SSSR count). The quantitative estimate of drug-likeness (QED) is 0.578. The van der Waals surface area contributed by atoms with Gasteiger partial charge in [-0.25, -0.2) is 15.0 Å². The minimum atomic E-state index is 0.698. The largest absolute Gasteiger partial charge is 0.378 e. The van der Waals surface area contributed by atoms with Gasteiger partial charge in [0, 0.05) is 81.6 Å². The summed E-state index contributed by atoms with van der Waals surface area (Å²) >= 11 is 0. The summed E-state index contributed by atoms with van der Waals surface area (Å²) in [5, 5.41) is 3.43. The van der Waals surface area contributed by atoms with E-state index in [9.17, 15) is 0 Å². The summed E-state index contributed by atoms with van der Waals surface area (Å²) in [6.45, 7) is 9.47. The summed E-state index contributed by atoms with van der Waals surface area (Å²) in [7, 11) is 0. The van der Waals surface area contributed by atoms with E-state index in [1.165, 1.54) is 16.8 Å². The standard InChI is InChI=1S/C26H32N8O/c1-3-22(4-2-20(1)5-9-32-11-7-27-8-12-32)34-10-6-23-24(21-17-28-19-29-18-21)30-26(31-25(23)34)33-13-15-35-16-14-33/h1-4,17-19,27H,5-16H2. The van der Waals surface area contributed by atoms with E-state index in [0.29, 0.717) is 13.2 Å². The Bertz CT molecular complexity index is 1130. The second-order valence-corrected chi connectivity index (χ2v) is 9.31. The fourth-order valence-electron chi connectivity index (χ4n) is 5.12. The fourth-order valence-corrected chi connectivity index (χ4v) is 5.12. The highest BCUT2D eigenvalue weighted by Gasteiger charge is 2.29. The first-order chi connectivity index (χ1) is 17.3. The molecule has 3 aliphatic heterocycles. The average Bonchev–Trinajstić information content (AvgIpc) is 3.37. The molecule has 9 heteroatoms. The molecule has 0 saturated carbocycles. The molecule has 0 unspecified atom stereocenters. The number of ether oxygens (including phenoxy) is 1. The molecular weight excluding hydrogens is 440 g/mol. The van der Waals surface area contributed by atoms with Gasteiger partial charge in [-0.1, -0.05) is 12.1 Å². The zero-order chi connectivity index (χ0) is 23.5. The van der Waals surface area contributed by atoms with Crippen molar-refractivity contribution in [1.82, 2.24) is 30.2 Å². The number of piperazine rings is 1. The summed E-state index contributed by atoms with van der Waals surface area (Å²) in [4.78, 5) is 25.6. The maximum absolute atomic E-state index is 5.56. The Kier molecular flexibility index (Phi) is 6.53. The third-order valence-electron chi connectivity index (χ3n) is 7.12. The van der Waals surface area contributed by atoms with E-state index in [1.54, 1.807) is 6.33 Å². The van der Waals surface area contributed by atoms with E-state index in [4.69, 9.17) is 14.7 Å². The second kappa shape index (κ2) is 10.2. The number of hydrogen-bond donors (Lipinski definition) is 1. The Balaban J connectivity index is 1.27. The molecule has 0 atom stereocenters. The van der Waals surface area contributed by atoms with Crippen molar-refractivity contribution in [3.05, 3.63) is 54.1 Å². The fraction of sp³-hybridized carbons (Fsp3) is 0.462. The number of rotatable bonds is 6. The molecule has 2 aromatic heterocycles. The number of aromatic nitrogens is 4. The van der Waals surface area contributed by atoms with Crippen LogP contribution >= 0.6 is 0 Å². The van der Waals surface area contributed by atoms with Gasteiger partial charge in [0.05, 0.1) is 18.9 Å². The molecule has 3 aliphatic rings. The van der Waals surface area contributed by atoms with Crippen LogP contribution in [0.15, 0.2) is 43.0 Å². The van der Waals surface area contributed by atoms with Crippen LogP contribution in [0, 0.1) is 0 Å². The van der Waals surface area contributed by atoms with Gasteiger partial charge in [0.25, 0.3) is 0 Å². The summed E-state index contributed by atoms with van der Waals surface area (Å²) in [6, 6.07) is 9.02. The molecule has 3 aromatic rings. The van der Waals surface area contributed by atoms with Crippen LogP contribution in [0.4, 0.5) is 17.5 Å². The molecule has 0 spiro atoms. The molecule has 0 bridgehead atoms. The Morgan fingerprint density at radius 3 is 2.43 bits per heavy atom. The minimum Gasteiger partial charge on any atom is -0.378 e. The molecule has 9 nitrogen and oxygen atoms in total. The van der Waals surface area contributed by atoms with E-state index in [-0.39, 0.29) is 0 Å². The van der Waals surface area contributed by atoms with Crippen molar-refractivity contribution in [1.29, 1.82) is 0 Å². The van der Waals surface area contributed by atoms with Gasteiger partial charge in [0.1, 0.15) is 12.1 Å². The minimum absolute atomic E-state index is 0.698. The zero-order valence-electron chi connectivity index (χ0n) is 20.1. The van der Waals surface area contributed by atoms with Gasteiger partial charge in [-0.3, -0.25) is 0 Å². The second-order valence-electron chi connectivity index (χ2n) is 9.31. The van der Waals surface area contributed by atoms with Crippen LogP contribution < -0.4 is 15.1 Å². The van der Waals surface area contributed by atoms with Gasteiger partial charge in [0.2, 0.25) is 5.95 Å². The summed E-state index contributed by atoms with van der Waals surface area (Å²) < 4.78 is 5.56. The van der Waals surface area contributed by atoms with Crippen LogP contribution in [-0.4, -0.2) is 90.4 Å². The predicted molar refractivity (Wildman–Crippen MR) is 136 cm³/mol. The normalized spacial score (nSPS) is 18.6. The van der Waals surface area contributed by atoms with Crippen molar-refractivity contribution in [2.75, 3.05) is 75.4 Å². The maximum atomic E-state index is 5.56. The van der Waals surface area contributed by atoms with E-state index in [2.05, 4.69) is 54.2 Å². The average molecular weight is 473 g/mol. The van der Waals surface area contributed by atoms with Crippen molar-refractivity contribution in [3.8, 4) is 11.3 Å². The molecule has 2 fully saturated rings. The maximum Gasteiger partial charge on any atom is 0.228 e. The van der Waals surface area contributed by atoms with E-state index in [0.717, 1.165) is 88.2 Å².